The van der Waals surface area contributed by atoms with Crippen molar-refractivity contribution < 1.29 is 9.53 Å². The maximum atomic E-state index is 12.6. The molecule has 1 N–H and O–H groups in total. The maximum absolute atomic E-state index is 12.6. The van der Waals surface area contributed by atoms with Gasteiger partial charge in [0.1, 0.15) is 5.75 Å². The van der Waals surface area contributed by atoms with Gasteiger partial charge in [0, 0.05) is 6.04 Å². The molecule has 1 aromatic rings. The number of hydrogen-bond acceptors (Lipinski definition) is 2. The summed E-state index contributed by atoms with van der Waals surface area (Å²) in [5, 5.41) is 3.16. The van der Waals surface area contributed by atoms with Crippen molar-refractivity contribution in [2.24, 2.45) is 11.8 Å². The van der Waals surface area contributed by atoms with Crippen molar-refractivity contribution in [2.45, 2.75) is 67.0 Å². The molecule has 3 heteroatoms. The van der Waals surface area contributed by atoms with Crippen LogP contribution in [0.4, 0.5) is 0 Å². The van der Waals surface area contributed by atoms with E-state index in [0.29, 0.717) is 18.3 Å². The molecule has 0 saturated carbocycles. The monoisotopic (exact) mass is 305 g/mol. The van der Waals surface area contributed by atoms with E-state index < -0.39 is 6.10 Å². The molecule has 0 unspecified atom stereocenters. The molecule has 1 aromatic carbocycles. The second-order valence-electron chi connectivity index (χ2n) is 6.74. The zero-order chi connectivity index (χ0) is 16.9. The fourth-order valence-electron chi connectivity index (χ4n) is 2.69. The standard InChI is InChI=1S/C19H31NO2/c1-8-16(19(21)20-18(12(2)3)13(4)5)22-17-11-9-10-14(6)15(17)7/h9-13,16,18H,8H2,1-7H3,(H,20,21)/t16-/m1/s1. The van der Waals surface area contributed by atoms with E-state index in [0.717, 1.165) is 11.3 Å². The summed E-state index contributed by atoms with van der Waals surface area (Å²) >= 11 is 0. The van der Waals surface area contributed by atoms with Crippen LogP contribution in [-0.2, 0) is 4.79 Å². The van der Waals surface area contributed by atoms with Crippen LogP contribution >= 0.6 is 0 Å². The minimum Gasteiger partial charge on any atom is -0.480 e. The highest BCUT2D eigenvalue weighted by atomic mass is 16.5. The highest BCUT2D eigenvalue weighted by molar-refractivity contribution is 5.81. The summed E-state index contributed by atoms with van der Waals surface area (Å²) in [6, 6.07) is 6.12. The summed E-state index contributed by atoms with van der Waals surface area (Å²) in [5.41, 5.74) is 2.27. The van der Waals surface area contributed by atoms with Gasteiger partial charge in [-0.05, 0) is 49.3 Å². The van der Waals surface area contributed by atoms with E-state index in [1.165, 1.54) is 5.56 Å². The summed E-state index contributed by atoms with van der Waals surface area (Å²) in [5.74, 6) is 1.59. The fraction of sp³-hybridized carbons (Fsp3) is 0.632. The van der Waals surface area contributed by atoms with Crippen molar-refractivity contribution in [3.05, 3.63) is 29.3 Å². The smallest absolute Gasteiger partial charge is 0.261 e. The van der Waals surface area contributed by atoms with Crippen LogP contribution in [0.1, 0.15) is 52.2 Å². The third-order valence-corrected chi connectivity index (χ3v) is 4.23. The summed E-state index contributed by atoms with van der Waals surface area (Å²) in [6.07, 6.45) is 0.211. The molecule has 0 aliphatic rings. The van der Waals surface area contributed by atoms with Gasteiger partial charge in [0.15, 0.2) is 6.10 Å². The predicted molar refractivity (Wildman–Crippen MR) is 92.2 cm³/mol. The molecule has 22 heavy (non-hydrogen) atoms. The molecule has 0 bridgehead atoms. The topological polar surface area (TPSA) is 38.3 Å². The Morgan fingerprint density at radius 2 is 1.73 bits per heavy atom. The molecule has 3 nitrogen and oxygen atoms in total. The number of carbonyl (C=O) groups is 1. The van der Waals surface area contributed by atoms with E-state index in [4.69, 9.17) is 4.74 Å². The molecule has 124 valence electrons. The molecule has 1 rings (SSSR count). The van der Waals surface area contributed by atoms with Crippen LogP contribution in [0.25, 0.3) is 0 Å². The first-order valence-electron chi connectivity index (χ1n) is 8.31. The lowest BCUT2D eigenvalue weighted by atomic mass is 9.93. The number of hydrogen-bond donors (Lipinski definition) is 1. The first-order valence-corrected chi connectivity index (χ1v) is 8.31. The van der Waals surface area contributed by atoms with E-state index >= 15 is 0 Å². The Morgan fingerprint density at radius 1 is 1.14 bits per heavy atom. The van der Waals surface area contributed by atoms with E-state index in [-0.39, 0.29) is 11.9 Å². The van der Waals surface area contributed by atoms with Crippen molar-refractivity contribution >= 4 is 5.91 Å². The summed E-state index contributed by atoms with van der Waals surface area (Å²) < 4.78 is 5.99. The number of aryl methyl sites for hydroxylation is 1. The molecular weight excluding hydrogens is 274 g/mol. The number of benzene rings is 1. The van der Waals surface area contributed by atoms with Crippen LogP contribution in [0.5, 0.6) is 5.75 Å². The molecule has 0 radical (unpaired) electrons. The van der Waals surface area contributed by atoms with Crippen molar-refractivity contribution in [1.82, 2.24) is 5.32 Å². The normalized spacial score (nSPS) is 12.8. The highest BCUT2D eigenvalue weighted by Crippen LogP contribution is 2.23. The molecule has 0 aliphatic carbocycles. The predicted octanol–water partition coefficient (Wildman–Crippen LogP) is 4.26. The molecule has 1 amide bonds. The quantitative estimate of drug-likeness (QED) is 0.817. The van der Waals surface area contributed by atoms with Crippen LogP contribution in [0.15, 0.2) is 18.2 Å². The number of ether oxygens (including phenoxy) is 1. The zero-order valence-electron chi connectivity index (χ0n) is 15.1. The highest BCUT2D eigenvalue weighted by Gasteiger charge is 2.25. The second kappa shape index (κ2) is 8.21. The number of rotatable bonds is 7. The van der Waals surface area contributed by atoms with Gasteiger partial charge in [0.2, 0.25) is 0 Å². The van der Waals surface area contributed by atoms with Gasteiger partial charge < -0.3 is 10.1 Å². The first kappa shape index (κ1) is 18.5. The molecular formula is C19H31NO2. The van der Waals surface area contributed by atoms with E-state index in [2.05, 4.69) is 46.0 Å². The zero-order valence-corrected chi connectivity index (χ0v) is 15.1. The number of amides is 1. The number of carbonyl (C=O) groups excluding carboxylic acids is 1. The van der Waals surface area contributed by atoms with E-state index in [1.54, 1.807) is 0 Å². The Balaban J connectivity index is 2.83. The third kappa shape index (κ3) is 4.75. The Hall–Kier alpha value is -1.51. The Bertz CT molecular complexity index is 486. The van der Waals surface area contributed by atoms with Gasteiger partial charge in [-0.3, -0.25) is 4.79 Å². The Kier molecular flexibility index (Phi) is 6.92. The van der Waals surface area contributed by atoms with Crippen molar-refractivity contribution in [1.29, 1.82) is 0 Å². The Morgan fingerprint density at radius 3 is 2.23 bits per heavy atom. The largest absolute Gasteiger partial charge is 0.480 e. The van der Waals surface area contributed by atoms with Crippen LogP contribution < -0.4 is 10.1 Å². The summed E-state index contributed by atoms with van der Waals surface area (Å²) in [7, 11) is 0. The van der Waals surface area contributed by atoms with Gasteiger partial charge in [-0.25, -0.2) is 0 Å². The third-order valence-electron chi connectivity index (χ3n) is 4.23. The minimum atomic E-state index is -0.444. The fourth-order valence-corrected chi connectivity index (χ4v) is 2.69. The molecule has 0 spiro atoms. The molecule has 0 fully saturated rings. The van der Waals surface area contributed by atoms with Crippen LogP contribution in [0.2, 0.25) is 0 Å². The molecule has 0 saturated heterocycles. The van der Waals surface area contributed by atoms with Gasteiger partial charge >= 0.3 is 0 Å². The second-order valence-corrected chi connectivity index (χ2v) is 6.74. The molecule has 0 aliphatic heterocycles. The van der Waals surface area contributed by atoms with E-state index in [1.807, 2.05) is 26.0 Å². The van der Waals surface area contributed by atoms with Crippen LogP contribution in [0.3, 0.4) is 0 Å². The minimum absolute atomic E-state index is 0.0178. The average Bonchev–Trinajstić information content (AvgIpc) is 2.45. The van der Waals surface area contributed by atoms with Gasteiger partial charge in [-0.1, -0.05) is 46.8 Å². The Labute approximate surface area is 135 Å². The maximum Gasteiger partial charge on any atom is 0.261 e. The molecule has 0 heterocycles. The average molecular weight is 305 g/mol. The van der Waals surface area contributed by atoms with Crippen molar-refractivity contribution in [2.75, 3.05) is 0 Å². The summed E-state index contributed by atoms with van der Waals surface area (Å²) in [6.45, 7) is 14.6. The number of nitrogens with one attached hydrogen (secondary N) is 1. The van der Waals surface area contributed by atoms with Crippen molar-refractivity contribution in [3.63, 3.8) is 0 Å². The van der Waals surface area contributed by atoms with Crippen molar-refractivity contribution in [3.8, 4) is 5.75 Å². The molecule has 1 atom stereocenters. The first-order chi connectivity index (χ1) is 10.3. The summed E-state index contributed by atoms with van der Waals surface area (Å²) in [4.78, 5) is 12.6. The lowest BCUT2D eigenvalue weighted by Gasteiger charge is -2.28. The van der Waals surface area contributed by atoms with Gasteiger partial charge in [0.25, 0.3) is 5.91 Å². The van der Waals surface area contributed by atoms with Gasteiger partial charge in [-0.2, -0.15) is 0 Å². The van der Waals surface area contributed by atoms with Crippen LogP contribution in [-0.4, -0.2) is 18.1 Å². The van der Waals surface area contributed by atoms with Gasteiger partial charge in [0.05, 0.1) is 0 Å². The van der Waals surface area contributed by atoms with Gasteiger partial charge in [-0.15, -0.1) is 0 Å². The lowest BCUT2D eigenvalue weighted by molar-refractivity contribution is -0.129. The van der Waals surface area contributed by atoms with E-state index in [9.17, 15) is 4.79 Å². The molecule has 0 aromatic heterocycles. The lowest BCUT2D eigenvalue weighted by Crippen LogP contribution is -2.48. The SMILES string of the molecule is CC[C@@H](Oc1cccc(C)c1C)C(=O)NC(C(C)C)C(C)C. The van der Waals surface area contributed by atoms with Crippen LogP contribution in [0, 0.1) is 25.7 Å².